The fourth-order valence-corrected chi connectivity index (χ4v) is 2.18. The van der Waals surface area contributed by atoms with E-state index in [1.165, 1.54) is 12.1 Å². The van der Waals surface area contributed by atoms with Gasteiger partial charge in [-0.2, -0.15) is 0 Å². The van der Waals surface area contributed by atoms with Crippen molar-refractivity contribution in [3.05, 3.63) is 28.2 Å². The van der Waals surface area contributed by atoms with Gasteiger partial charge in [0, 0.05) is 5.02 Å². The monoisotopic (exact) mass is 348 g/mol. The number of carboxylic acids is 1. The SMILES string of the molecule is NCCCC[C@H](NC(=O)COc1ccc(Cl)cc1Cl)C(=O)O. The van der Waals surface area contributed by atoms with Gasteiger partial charge in [0.15, 0.2) is 6.61 Å². The minimum absolute atomic E-state index is 0.276. The van der Waals surface area contributed by atoms with E-state index in [4.69, 9.17) is 38.8 Å². The molecule has 6 nitrogen and oxygen atoms in total. The van der Waals surface area contributed by atoms with Crippen LogP contribution in [0.15, 0.2) is 18.2 Å². The second kappa shape index (κ2) is 9.50. The molecule has 0 heterocycles. The lowest BCUT2D eigenvalue weighted by atomic mass is 10.1. The molecule has 22 heavy (non-hydrogen) atoms. The summed E-state index contributed by atoms with van der Waals surface area (Å²) in [7, 11) is 0. The highest BCUT2D eigenvalue weighted by atomic mass is 35.5. The van der Waals surface area contributed by atoms with Crippen LogP contribution < -0.4 is 15.8 Å². The van der Waals surface area contributed by atoms with Gasteiger partial charge in [0.25, 0.3) is 5.91 Å². The number of hydrogen-bond donors (Lipinski definition) is 3. The van der Waals surface area contributed by atoms with Crippen LogP contribution in [0.3, 0.4) is 0 Å². The molecule has 0 aliphatic carbocycles. The minimum Gasteiger partial charge on any atom is -0.482 e. The first-order valence-electron chi connectivity index (χ1n) is 6.74. The third-order valence-electron chi connectivity index (χ3n) is 2.83. The van der Waals surface area contributed by atoms with E-state index in [1.807, 2.05) is 0 Å². The van der Waals surface area contributed by atoms with Crippen molar-refractivity contribution in [3.63, 3.8) is 0 Å². The summed E-state index contributed by atoms with van der Waals surface area (Å²) >= 11 is 11.7. The molecule has 1 aromatic rings. The second-order valence-electron chi connectivity index (χ2n) is 4.61. The van der Waals surface area contributed by atoms with Gasteiger partial charge < -0.3 is 20.9 Å². The van der Waals surface area contributed by atoms with Gasteiger partial charge in [0.2, 0.25) is 0 Å². The number of carbonyl (C=O) groups is 2. The van der Waals surface area contributed by atoms with Crippen molar-refractivity contribution >= 4 is 35.1 Å². The first-order valence-corrected chi connectivity index (χ1v) is 7.49. The Bertz CT molecular complexity index is 526. The average Bonchev–Trinajstić information content (AvgIpc) is 2.45. The number of unbranched alkanes of at least 4 members (excludes halogenated alkanes) is 1. The summed E-state index contributed by atoms with van der Waals surface area (Å²) in [5.41, 5.74) is 5.35. The summed E-state index contributed by atoms with van der Waals surface area (Å²) in [6.07, 6.45) is 1.65. The highest BCUT2D eigenvalue weighted by Crippen LogP contribution is 2.27. The Balaban J connectivity index is 2.47. The molecule has 0 saturated carbocycles. The molecular formula is C14H18Cl2N2O4. The van der Waals surface area contributed by atoms with Crippen molar-refractivity contribution in [2.45, 2.75) is 25.3 Å². The van der Waals surface area contributed by atoms with E-state index in [1.54, 1.807) is 6.07 Å². The number of amides is 1. The number of nitrogens with one attached hydrogen (secondary N) is 1. The Morgan fingerprint density at radius 1 is 1.32 bits per heavy atom. The van der Waals surface area contributed by atoms with E-state index in [0.29, 0.717) is 36.6 Å². The zero-order valence-corrected chi connectivity index (χ0v) is 13.4. The molecule has 0 aromatic heterocycles. The number of carboxylic acid groups (broad SMARTS) is 1. The number of aliphatic carboxylic acids is 1. The Morgan fingerprint density at radius 2 is 2.05 bits per heavy atom. The fourth-order valence-electron chi connectivity index (χ4n) is 1.72. The van der Waals surface area contributed by atoms with Crippen molar-refractivity contribution in [1.29, 1.82) is 0 Å². The number of carbonyl (C=O) groups excluding carboxylic acids is 1. The summed E-state index contributed by atoms with van der Waals surface area (Å²) < 4.78 is 5.24. The summed E-state index contributed by atoms with van der Waals surface area (Å²) in [6, 6.07) is 3.65. The Labute approximate surface area is 138 Å². The molecule has 0 saturated heterocycles. The third kappa shape index (κ3) is 6.51. The largest absolute Gasteiger partial charge is 0.482 e. The van der Waals surface area contributed by atoms with Gasteiger partial charge in [-0.05, 0) is 44.0 Å². The molecule has 0 fully saturated rings. The number of rotatable bonds is 9. The van der Waals surface area contributed by atoms with Crippen LogP contribution in [0.4, 0.5) is 0 Å². The van der Waals surface area contributed by atoms with E-state index in [2.05, 4.69) is 5.32 Å². The van der Waals surface area contributed by atoms with Crippen molar-refractivity contribution in [2.75, 3.05) is 13.2 Å². The van der Waals surface area contributed by atoms with E-state index in [9.17, 15) is 9.59 Å². The normalized spacial score (nSPS) is 11.8. The van der Waals surface area contributed by atoms with Crippen LogP contribution in [0.1, 0.15) is 19.3 Å². The van der Waals surface area contributed by atoms with Gasteiger partial charge in [-0.15, -0.1) is 0 Å². The maximum Gasteiger partial charge on any atom is 0.326 e. The first kappa shape index (κ1) is 18.5. The van der Waals surface area contributed by atoms with E-state index in [0.717, 1.165) is 0 Å². The molecule has 1 aromatic carbocycles. The van der Waals surface area contributed by atoms with Crippen molar-refractivity contribution < 1.29 is 19.4 Å². The maximum absolute atomic E-state index is 11.7. The molecule has 0 aliphatic rings. The van der Waals surface area contributed by atoms with Gasteiger partial charge in [0.1, 0.15) is 11.8 Å². The summed E-state index contributed by atoms with van der Waals surface area (Å²) in [5.74, 6) is -1.32. The predicted molar refractivity (Wildman–Crippen MR) is 84.4 cm³/mol. The van der Waals surface area contributed by atoms with E-state index >= 15 is 0 Å². The van der Waals surface area contributed by atoms with Gasteiger partial charge in [0.05, 0.1) is 5.02 Å². The van der Waals surface area contributed by atoms with Crippen molar-refractivity contribution in [3.8, 4) is 5.75 Å². The maximum atomic E-state index is 11.7. The van der Waals surface area contributed by atoms with Crippen LogP contribution in [0.2, 0.25) is 10.0 Å². The Morgan fingerprint density at radius 3 is 2.64 bits per heavy atom. The highest BCUT2D eigenvalue weighted by Gasteiger charge is 2.19. The van der Waals surface area contributed by atoms with Crippen molar-refractivity contribution in [2.24, 2.45) is 5.73 Å². The molecule has 122 valence electrons. The summed E-state index contributed by atoms with van der Waals surface area (Å²) in [6.45, 7) is 0.153. The molecule has 1 amide bonds. The molecule has 0 unspecified atom stereocenters. The minimum atomic E-state index is -1.09. The van der Waals surface area contributed by atoms with Crippen LogP contribution in [-0.2, 0) is 9.59 Å². The van der Waals surface area contributed by atoms with Gasteiger partial charge in [-0.25, -0.2) is 4.79 Å². The highest BCUT2D eigenvalue weighted by molar-refractivity contribution is 6.35. The molecule has 1 rings (SSSR count). The van der Waals surface area contributed by atoms with Crippen LogP contribution in [0.5, 0.6) is 5.75 Å². The number of benzene rings is 1. The number of ether oxygens (including phenoxy) is 1. The zero-order valence-electron chi connectivity index (χ0n) is 11.9. The molecule has 1 atom stereocenters. The molecule has 0 bridgehead atoms. The Kier molecular flexibility index (Phi) is 8.01. The molecule has 0 spiro atoms. The molecule has 0 aliphatic heterocycles. The number of nitrogens with two attached hydrogens (primary N) is 1. The van der Waals surface area contributed by atoms with Crippen LogP contribution in [0.25, 0.3) is 0 Å². The topological polar surface area (TPSA) is 102 Å². The van der Waals surface area contributed by atoms with Crippen LogP contribution in [-0.4, -0.2) is 36.2 Å². The van der Waals surface area contributed by atoms with E-state index < -0.39 is 17.9 Å². The number of hydrogen-bond acceptors (Lipinski definition) is 4. The molecule has 8 heteroatoms. The fraction of sp³-hybridized carbons (Fsp3) is 0.429. The van der Waals surface area contributed by atoms with Crippen LogP contribution in [0, 0.1) is 0 Å². The molecular weight excluding hydrogens is 331 g/mol. The lowest BCUT2D eigenvalue weighted by Crippen LogP contribution is -2.43. The van der Waals surface area contributed by atoms with Gasteiger partial charge >= 0.3 is 5.97 Å². The third-order valence-corrected chi connectivity index (χ3v) is 3.36. The number of halogens is 2. The molecule has 4 N–H and O–H groups in total. The van der Waals surface area contributed by atoms with Gasteiger partial charge in [-0.1, -0.05) is 23.2 Å². The smallest absolute Gasteiger partial charge is 0.326 e. The van der Waals surface area contributed by atoms with Gasteiger partial charge in [-0.3, -0.25) is 4.79 Å². The zero-order chi connectivity index (χ0) is 16.5. The van der Waals surface area contributed by atoms with Crippen LogP contribution >= 0.6 is 23.2 Å². The predicted octanol–water partition coefficient (Wildman–Crippen LogP) is 2.07. The lowest BCUT2D eigenvalue weighted by molar-refractivity contribution is -0.142. The van der Waals surface area contributed by atoms with E-state index in [-0.39, 0.29) is 11.6 Å². The standard InChI is InChI=1S/C14H18Cl2N2O4/c15-9-4-5-12(10(16)7-9)22-8-13(19)18-11(14(20)21)3-1-2-6-17/h4-5,7,11H,1-3,6,8,17H2,(H,18,19)(H,20,21)/t11-/m0/s1. The summed E-state index contributed by atoms with van der Waals surface area (Å²) in [4.78, 5) is 22.8. The average molecular weight is 349 g/mol. The summed E-state index contributed by atoms with van der Waals surface area (Å²) in [5, 5.41) is 12.2. The lowest BCUT2D eigenvalue weighted by Gasteiger charge is -2.15. The van der Waals surface area contributed by atoms with Crippen molar-refractivity contribution in [1.82, 2.24) is 5.32 Å². The molecule has 0 radical (unpaired) electrons. The first-order chi connectivity index (χ1) is 10.4. The second-order valence-corrected chi connectivity index (χ2v) is 5.45. The quantitative estimate of drug-likeness (QED) is 0.593. The Hall–Kier alpha value is -1.50.